The van der Waals surface area contributed by atoms with Crippen LogP contribution in [-0.4, -0.2) is 129 Å². The van der Waals surface area contributed by atoms with E-state index in [4.69, 9.17) is 20.1 Å². The summed E-state index contributed by atoms with van der Waals surface area (Å²) in [5.41, 5.74) is 11.8. The third kappa shape index (κ3) is 25.1. The number of hydrogen-bond donors (Lipinski definition) is 5. The van der Waals surface area contributed by atoms with E-state index >= 15 is 0 Å². The predicted molar refractivity (Wildman–Crippen MR) is 379 cm³/mol. The molecule has 0 aliphatic carbocycles. The summed E-state index contributed by atoms with van der Waals surface area (Å²) in [5.74, 6) is 5.90. The number of nitrogens with zero attached hydrogens (tertiary/aromatic N) is 5. The van der Waals surface area contributed by atoms with E-state index in [0.29, 0.717) is 65.0 Å². The Morgan fingerprint density at radius 1 is 0.457 bits per heavy atom. The highest BCUT2D eigenvalue weighted by molar-refractivity contribution is 5.87. The number of rotatable bonds is 1. The minimum absolute atomic E-state index is 0.227. The third-order valence-electron chi connectivity index (χ3n) is 14.6. The van der Waals surface area contributed by atoms with Crippen molar-refractivity contribution in [2.75, 3.05) is 57.9 Å². The average molecular weight is 1270 g/mol. The lowest BCUT2D eigenvalue weighted by Gasteiger charge is -2.30. The quantitative estimate of drug-likeness (QED) is 0.0590. The van der Waals surface area contributed by atoms with Crippen LogP contribution in [0.1, 0.15) is 177 Å². The SMILES string of the molecule is CC.CC.CC.CC.CC(C)(C)OC(=O)N1CCC(=O)CC1.CC(C)(C)OC(=O)N1CCC(=O)CC1.CC(C)(C)OC(=O)N1CCc2[nH]c3ccccc3c2C1.CN(N)c1ccccc1.Cn1c2c(c3ccccc31)CNCC2.c1ccc2c3c([nH]c2c1)CCNC3. The number of ether oxygens (including phenoxy) is 3. The van der Waals surface area contributed by atoms with Crippen molar-refractivity contribution in [3.05, 3.63) is 137 Å². The fourth-order valence-electron chi connectivity index (χ4n) is 10.4. The Morgan fingerprint density at radius 3 is 1.27 bits per heavy atom. The lowest BCUT2D eigenvalue weighted by molar-refractivity contribution is -0.122. The van der Waals surface area contributed by atoms with Gasteiger partial charge in [0, 0.05) is 173 Å². The maximum atomic E-state index is 12.2. The molecular formula is C74H114N10O8. The van der Waals surface area contributed by atoms with Gasteiger partial charge in [0.2, 0.25) is 0 Å². The minimum Gasteiger partial charge on any atom is -0.444 e. The molecule has 3 amide bonds. The van der Waals surface area contributed by atoms with E-state index in [2.05, 4.69) is 92.9 Å². The highest BCUT2D eigenvalue weighted by Crippen LogP contribution is 2.30. The van der Waals surface area contributed by atoms with Gasteiger partial charge < -0.3 is 59.1 Å². The van der Waals surface area contributed by atoms with Crippen molar-refractivity contribution in [1.29, 1.82) is 0 Å². The molecule has 0 radical (unpaired) electrons. The molecule has 0 saturated carbocycles. The summed E-state index contributed by atoms with van der Waals surface area (Å²) in [7, 11) is 3.99. The fourth-order valence-corrected chi connectivity index (χ4v) is 10.4. The van der Waals surface area contributed by atoms with Crippen LogP contribution in [0.3, 0.4) is 0 Å². The number of aryl methyl sites for hydroxylation is 1. The smallest absolute Gasteiger partial charge is 0.410 e. The average Bonchev–Trinajstić information content (AvgIpc) is 1.65. The summed E-state index contributed by atoms with van der Waals surface area (Å²) in [6.45, 7) is 40.2. The summed E-state index contributed by atoms with van der Waals surface area (Å²) >= 11 is 0. The van der Waals surface area contributed by atoms with Gasteiger partial charge in [-0.05, 0) is 104 Å². The monoisotopic (exact) mass is 1270 g/mol. The molecule has 4 aromatic carbocycles. The Labute approximate surface area is 550 Å². The van der Waals surface area contributed by atoms with Crippen molar-refractivity contribution >= 4 is 68.2 Å². The molecule has 5 aliphatic rings. The molecule has 7 aromatic rings. The fraction of sp³-hybridized carbons (Fsp3) is 0.527. The van der Waals surface area contributed by atoms with Gasteiger partial charge in [-0.2, -0.15) is 0 Å². The molecular weight excluding hydrogens is 1160 g/mol. The number of nitrogens with two attached hydrogens (primary N) is 1. The first kappa shape index (κ1) is 78.6. The van der Waals surface area contributed by atoms with Gasteiger partial charge in [-0.25, -0.2) is 20.2 Å². The zero-order valence-electron chi connectivity index (χ0n) is 59.4. The molecule has 0 atom stereocenters. The Balaban J connectivity index is 0.000000285. The zero-order valence-corrected chi connectivity index (χ0v) is 59.4. The first-order chi connectivity index (χ1) is 43.8. The Hall–Kier alpha value is -7.67. The number of piperidine rings is 2. The van der Waals surface area contributed by atoms with E-state index in [-0.39, 0.29) is 29.8 Å². The Bertz CT molecular complexity index is 3270. The van der Waals surface area contributed by atoms with Crippen molar-refractivity contribution in [2.45, 2.75) is 199 Å². The number of ketones is 2. The van der Waals surface area contributed by atoms with Gasteiger partial charge in [0.05, 0.1) is 12.2 Å². The van der Waals surface area contributed by atoms with Crippen LogP contribution in [-0.2, 0) is 69.7 Å². The van der Waals surface area contributed by atoms with Crippen LogP contribution in [0.4, 0.5) is 20.1 Å². The van der Waals surface area contributed by atoms with Crippen molar-refractivity contribution in [2.24, 2.45) is 12.9 Å². The Morgan fingerprint density at radius 2 is 0.826 bits per heavy atom. The summed E-state index contributed by atoms with van der Waals surface area (Å²) in [6, 6.07) is 35.2. The molecule has 3 aromatic heterocycles. The standard InChI is InChI=1S/C16H20N2O2.C12H14N2.C11H12N2.2C10H17NO3.C7H10N2.4C2H6/c1-16(2,3)20-15(19)18-9-8-14-12(10-18)11-6-4-5-7-13(11)17-14;1-14-11-5-3-2-4-9(11)10-8-13-7-6-12(10)14;1-2-4-10-8(3-1)9-7-12-6-5-11(9)13-10;2*1-10(2,3)14-9(13)11-6-4-8(12)5-7-11;1-9(8)7-5-3-2-4-6-7;4*1-2/h4-7,17H,8-10H2,1-3H3;2-5,13H,6-8H2,1H3;1-4,12-13H,5-7H2;2*4-7H2,1-3H3;2-6H,8H2,1H3;4*1-2H3. The van der Waals surface area contributed by atoms with Crippen molar-refractivity contribution in [3.8, 4) is 0 Å². The van der Waals surface area contributed by atoms with Gasteiger partial charge in [-0.15, -0.1) is 0 Å². The number of nitrogens with one attached hydrogen (secondary N) is 4. The molecule has 18 nitrogen and oxygen atoms in total. The van der Waals surface area contributed by atoms with Gasteiger partial charge in [0.25, 0.3) is 0 Å². The second-order valence-corrected chi connectivity index (χ2v) is 24.7. The van der Waals surface area contributed by atoms with E-state index < -0.39 is 16.8 Å². The second-order valence-electron chi connectivity index (χ2n) is 24.7. The highest BCUT2D eigenvalue weighted by atomic mass is 16.6. The first-order valence-corrected chi connectivity index (χ1v) is 33.5. The van der Waals surface area contributed by atoms with Gasteiger partial charge in [0.15, 0.2) is 0 Å². The number of hydrogen-bond acceptors (Lipinski definition) is 12. The number of carbonyl (C=O) groups is 5. The van der Waals surface area contributed by atoms with Crippen LogP contribution >= 0.6 is 0 Å². The maximum absolute atomic E-state index is 12.2. The van der Waals surface area contributed by atoms with Crippen LogP contribution in [0.25, 0.3) is 32.7 Å². The molecule has 2 fully saturated rings. The highest BCUT2D eigenvalue weighted by Gasteiger charge is 2.29. The van der Waals surface area contributed by atoms with E-state index in [1.54, 1.807) is 19.7 Å². The zero-order chi connectivity index (χ0) is 68.8. The normalized spacial score (nSPS) is 14.7. The van der Waals surface area contributed by atoms with Crippen LogP contribution in [0.5, 0.6) is 0 Å². The number of para-hydroxylation sites is 4. The minimum atomic E-state index is -0.460. The number of carbonyl (C=O) groups excluding carboxylic acids is 5. The lowest BCUT2D eigenvalue weighted by Crippen LogP contribution is -2.41. The van der Waals surface area contributed by atoms with Gasteiger partial charge in [0.1, 0.15) is 28.4 Å². The predicted octanol–water partition coefficient (Wildman–Crippen LogP) is 15.4. The number of Topliss-reactive ketones (excluding diaryl/α,β-unsaturated/α-hetero) is 2. The summed E-state index contributed by atoms with van der Waals surface area (Å²) in [4.78, 5) is 69.0. The van der Waals surface area contributed by atoms with E-state index in [0.717, 1.165) is 56.6 Å². The summed E-state index contributed by atoms with van der Waals surface area (Å²) in [5, 5.41) is 12.4. The summed E-state index contributed by atoms with van der Waals surface area (Å²) in [6.07, 6.45) is 4.11. The molecule has 0 spiro atoms. The molecule has 6 N–H and O–H groups in total. The molecule has 18 heteroatoms. The van der Waals surface area contributed by atoms with E-state index in [9.17, 15) is 24.0 Å². The number of amides is 3. The molecule has 8 heterocycles. The molecule has 5 aliphatic heterocycles. The molecule has 0 bridgehead atoms. The Kier molecular flexibility index (Phi) is 33.3. The second kappa shape index (κ2) is 39.0. The van der Waals surface area contributed by atoms with E-state index in [1.807, 2.05) is 167 Å². The van der Waals surface area contributed by atoms with E-state index in [1.165, 1.54) is 61.0 Å². The topological polar surface area (TPSA) is 213 Å². The molecule has 92 heavy (non-hydrogen) atoms. The van der Waals surface area contributed by atoms with Crippen LogP contribution < -0.4 is 21.5 Å². The van der Waals surface area contributed by atoms with Crippen LogP contribution in [0, 0.1) is 0 Å². The van der Waals surface area contributed by atoms with Crippen molar-refractivity contribution in [1.82, 2.24) is 39.9 Å². The number of aromatic nitrogens is 3. The molecule has 508 valence electrons. The van der Waals surface area contributed by atoms with Gasteiger partial charge in [-0.1, -0.05) is 128 Å². The van der Waals surface area contributed by atoms with Crippen molar-refractivity contribution in [3.63, 3.8) is 0 Å². The van der Waals surface area contributed by atoms with Gasteiger partial charge in [-0.3, -0.25) is 9.59 Å². The van der Waals surface area contributed by atoms with Crippen molar-refractivity contribution < 1.29 is 38.2 Å². The number of likely N-dealkylation sites (tertiary alicyclic amines) is 2. The summed E-state index contributed by atoms with van der Waals surface area (Å²) < 4.78 is 18.2. The number of fused-ring (bicyclic) bond motifs is 9. The first-order valence-electron chi connectivity index (χ1n) is 33.5. The number of hydrazine groups is 1. The number of benzene rings is 4. The maximum Gasteiger partial charge on any atom is 0.410 e. The number of anilines is 1. The largest absolute Gasteiger partial charge is 0.444 e. The third-order valence-corrected chi connectivity index (χ3v) is 14.6. The lowest BCUT2D eigenvalue weighted by atomic mass is 10.1. The van der Waals surface area contributed by atoms with Gasteiger partial charge >= 0.3 is 18.3 Å². The van der Waals surface area contributed by atoms with Crippen LogP contribution in [0.15, 0.2) is 103 Å². The number of aromatic amines is 2. The molecule has 12 rings (SSSR count). The van der Waals surface area contributed by atoms with Crippen LogP contribution in [0.2, 0.25) is 0 Å². The molecule has 2 saturated heterocycles. The molecule has 0 unspecified atom stereocenters. The number of H-pyrrole nitrogens is 2.